The molecule has 3 heteroatoms. The Morgan fingerprint density at radius 1 is 1.22 bits per heavy atom. The zero-order valence-electron chi connectivity index (χ0n) is 11.0. The van der Waals surface area contributed by atoms with Gasteiger partial charge in [0.2, 0.25) is 5.91 Å². The summed E-state index contributed by atoms with van der Waals surface area (Å²) in [5.74, 6) is 1.84. The molecule has 5 atom stereocenters. The van der Waals surface area contributed by atoms with Gasteiger partial charge in [-0.2, -0.15) is 0 Å². The van der Waals surface area contributed by atoms with Crippen LogP contribution >= 0.6 is 0 Å². The highest BCUT2D eigenvalue weighted by Gasteiger charge is 2.52. The number of carbonyl (C=O) groups excluding carboxylic acids is 1. The van der Waals surface area contributed by atoms with Crippen LogP contribution in [0.2, 0.25) is 0 Å². The lowest BCUT2D eigenvalue weighted by atomic mass is 9.68. The molecular formula is C15H23N2O+. The van der Waals surface area contributed by atoms with Gasteiger partial charge < -0.3 is 9.80 Å². The van der Waals surface area contributed by atoms with Crippen molar-refractivity contribution in [2.24, 2.45) is 11.8 Å². The molecule has 0 radical (unpaired) electrons. The summed E-state index contributed by atoms with van der Waals surface area (Å²) in [5.41, 5.74) is 0. The topological polar surface area (TPSA) is 24.8 Å². The van der Waals surface area contributed by atoms with Crippen molar-refractivity contribution in [2.45, 2.75) is 44.2 Å². The third-order valence-corrected chi connectivity index (χ3v) is 5.80. The summed E-state index contributed by atoms with van der Waals surface area (Å²) >= 11 is 0. The van der Waals surface area contributed by atoms with E-state index in [2.05, 4.69) is 11.0 Å². The zero-order valence-corrected chi connectivity index (χ0v) is 11.0. The van der Waals surface area contributed by atoms with Crippen molar-refractivity contribution in [3.8, 4) is 0 Å². The molecule has 3 saturated heterocycles. The highest BCUT2D eigenvalue weighted by molar-refractivity contribution is 5.88. The lowest BCUT2D eigenvalue weighted by Gasteiger charge is -2.55. The molecule has 0 bridgehead atoms. The molecule has 0 aliphatic carbocycles. The van der Waals surface area contributed by atoms with Gasteiger partial charge in [0.25, 0.3) is 0 Å². The third kappa shape index (κ3) is 1.49. The van der Waals surface area contributed by atoms with Crippen LogP contribution < -0.4 is 4.90 Å². The predicted octanol–water partition coefficient (Wildman–Crippen LogP) is 0.231. The maximum absolute atomic E-state index is 12.1. The van der Waals surface area contributed by atoms with Gasteiger partial charge in [0, 0.05) is 24.4 Å². The van der Waals surface area contributed by atoms with Crippen molar-refractivity contribution in [1.82, 2.24) is 4.90 Å². The minimum Gasteiger partial charge on any atom is -0.335 e. The number of amides is 1. The van der Waals surface area contributed by atoms with Crippen molar-refractivity contribution in [2.75, 3.05) is 19.6 Å². The average Bonchev–Trinajstić information content (AvgIpc) is 2.41. The average molecular weight is 247 g/mol. The molecule has 18 heavy (non-hydrogen) atoms. The first-order valence-electron chi connectivity index (χ1n) is 7.66. The van der Waals surface area contributed by atoms with Gasteiger partial charge in [-0.25, -0.2) is 0 Å². The predicted molar refractivity (Wildman–Crippen MR) is 69.2 cm³/mol. The van der Waals surface area contributed by atoms with E-state index >= 15 is 0 Å². The number of hydrogen-bond acceptors (Lipinski definition) is 1. The van der Waals surface area contributed by atoms with Crippen molar-refractivity contribution in [3.05, 3.63) is 12.2 Å². The Morgan fingerprint density at radius 2 is 2.06 bits per heavy atom. The van der Waals surface area contributed by atoms with E-state index in [0.717, 1.165) is 30.8 Å². The third-order valence-electron chi connectivity index (χ3n) is 5.80. The molecule has 0 aromatic heterocycles. The minimum atomic E-state index is 0.280. The fourth-order valence-corrected chi connectivity index (χ4v) is 5.17. The quantitative estimate of drug-likeness (QED) is 0.651. The highest BCUT2D eigenvalue weighted by Crippen LogP contribution is 2.37. The van der Waals surface area contributed by atoms with E-state index in [-0.39, 0.29) is 5.91 Å². The molecule has 1 amide bonds. The first-order valence-corrected chi connectivity index (χ1v) is 7.66. The largest absolute Gasteiger partial charge is 0.335 e. The minimum absolute atomic E-state index is 0.280. The molecule has 0 saturated carbocycles. The van der Waals surface area contributed by atoms with E-state index in [1.54, 1.807) is 6.08 Å². The van der Waals surface area contributed by atoms with Gasteiger partial charge in [-0.3, -0.25) is 4.79 Å². The summed E-state index contributed by atoms with van der Waals surface area (Å²) < 4.78 is 0. The second-order valence-corrected chi connectivity index (χ2v) is 6.59. The van der Waals surface area contributed by atoms with E-state index < -0.39 is 0 Å². The molecule has 1 N–H and O–H groups in total. The smallest absolute Gasteiger partial charge is 0.246 e. The number of fused-ring (bicyclic) bond motifs is 2. The first-order chi connectivity index (χ1) is 8.84. The van der Waals surface area contributed by atoms with E-state index in [9.17, 15) is 4.79 Å². The number of nitrogens with one attached hydrogen (secondary N) is 1. The summed E-state index contributed by atoms with van der Waals surface area (Å²) in [4.78, 5) is 16.2. The number of quaternary nitrogens is 1. The first kappa shape index (κ1) is 11.0. The van der Waals surface area contributed by atoms with E-state index in [4.69, 9.17) is 0 Å². The second kappa shape index (κ2) is 4.09. The maximum atomic E-state index is 12.1. The summed E-state index contributed by atoms with van der Waals surface area (Å²) in [7, 11) is 0. The van der Waals surface area contributed by atoms with E-state index in [1.165, 1.54) is 38.8 Å². The Kier molecular flexibility index (Phi) is 2.51. The molecule has 98 valence electrons. The number of carbonyl (C=O) groups is 1. The maximum Gasteiger partial charge on any atom is 0.246 e. The van der Waals surface area contributed by atoms with Gasteiger partial charge in [-0.05, 0) is 38.2 Å². The van der Waals surface area contributed by atoms with Crippen LogP contribution in [0.1, 0.15) is 32.1 Å². The van der Waals surface area contributed by atoms with Crippen LogP contribution in [-0.2, 0) is 4.79 Å². The number of hydrogen-bond donors (Lipinski definition) is 1. The van der Waals surface area contributed by atoms with E-state index in [1.807, 2.05) is 4.90 Å². The number of rotatable bonds is 0. The Balaban J connectivity index is 1.68. The van der Waals surface area contributed by atoms with Crippen LogP contribution in [0.15, 0.2) is 12.2 Å². The summed E-state index contributed by atoms with van der Waals surface area (Å²) in [6, 6.07) is 1.39. The van der Waals surface area contributed by atoms with Crippen LogP contribution in [-0.4, -0.2) is 42.5 Å². The highest BCUT2D eigenvalue weighted by atomic mass is 16.2. The SMILES string of the molecule is O=C1C=CC[C@H]2[C@H]3CCC[NH+]4CCC[C@H](CN12)[C@H]34. The molecule has 4 heterocycles. The molecule has 3 fully saturated rings. The van der Waals surface area contributed by atoms with Crippen LogP contribution in [0.25, 0.3) is 0 Å². The number of nitrogens with zero attached hydrogens (tertiary/aromatic N) is 1. The number of piperidine rings is 3. The molecule has 0 spiro atoms. The molecule has 1 unspecified atom stereocenters. The zero-order chi connectivity index (χ0) is 12.1. The summed E-state index contributed by atoms with van der Waals surface area (Å²) in [5, 5.41) is 0. The van der Waals surface area contributed by atoms with Gasteiger partial charge in [0.1, 0.15) is 0 Å². The monoisotopic (exact) mass is 247 g/mol. The van der Waals surface area contributed by atoms with Crippen LogP contribution in [0, 0.1) is 11.8 Å². The van der Waals surface area contributed by atoms with E-state index in [0.29, 0.717) is 6.04 Å². The van der Waals surface area contributed by atoms with Crippen molar-refractivity contribution in [1.29, 1.82) is 0 Å². The fourth-order valence-electron chi connectivity index (χ4n) is 5.17. The van der Waals surface area contributed by atoms with Crippen LogP contribution in [0.4, 0.5) is 0 Å². The van der Waals surface area contributed by atoms with Gasteiger partial charge in [0.05, 0.1) is 19.1 Å². The Labute approximate surface area is 109 Å². The van der Waals surface area contributed by atoms with Crippen molar-refractivity contribution < 1.29 is 9.69 Å². The molecule has 0 aromatic rings. The molecule has 4 aliphatic rings. The Bertz CT molecular complexity index is 390. The van der Waals surface area contributed by atoms with Crippen molar-refractivity contribution >= 4 is 5.91 Å². The van der Waals surface area contributed by atoms with Gasteiger partial charge in [-0.1, -0.05) is 6.08 Å². The Hall–Kier alpha value is -0.830. The fraction of sp³-hybridized carbons (Fsp3) is 0.800. The van der Waals surface area contributed by atoms with Crippen LogP contribution in [0.3, 0.4) is 0 Å². The summed E-state index contributed by atoms with van der Waals surface area (Å²) in [6.45, 7) is 3.81. The Morgan fingerprint density at radius 3 is 2.94 bits per heavy atom. The molecule has 0 aromatic carbocycles. The molecule has 4 rings (SSSR count). The van der Waals surface area contributed by atoms with Gasteiger partial charge in [0.15, 0.2) is 0 Å². The van der Waals surface area contributed by atoms with Gasteiger partial charge in [-0.15, -0.1) is 0 Å². The van der Waals surface area contributed by atoms with Crippen LogP contribution in [0.5, 0.6) is 0 Å². The van der Waals surface area contributed by atoms with Gasteiger partial charge >= 0.3 is 0 Å². The second-order valence-electron chi connectivity index (χ2n) is 6.59. The molecule has 3 nitrogen and oxygen atoms in total. The standard InChI is InChI=1S/C15H22N2O/c18-14-7-1-6-13-12-5-3-9-16-8-2-4-11(15(12)16)10-17(13)14/h1,7,11-13,15H,2-6,8-10H2/p+1/t11-,12-,13+,15-/m1/s1. The summed E-state index contributed by atoms with van der Waals surface area (Å²) in [6.07, 6.45) is 10.5. The van der Waals surface area contributed by atoms with Crippen molar-refractivity contribution in [3.63, 3.8) is 0 Å². The molecule has 4 aliphatic heterocycles. The lowest BCUT2D eigenvalue weighted by molar-refractivity contribution is -0.945. The normalized spacial score (nSPS) is 46.6. The lowest BCUT2D eigenvalue weighted by Crippen LogP contribution is -3.20. The molecular weight excluding hydrogens is 224 g/mol.